The normalized spacial score (nSPS) is 11.8. The number of carbonyl (C=O) groups is 2. The highest BCUT2D eigenvalue weighted by atomic mass is 35.5. The van der Waals surface area contributed by atoms with E-state index >= 15 is 0 Å². The Balaban J connectivity index is 1.97. The molecule has 1 heterocycles. The largest absolute Gasteiger partial charge is 0.459 e. The molecule has 0 aliphatic carbocycles. The van der Waals surface area contributed by atoms with E-state index in [1.54, 1.807) is 30.3 Å². The fourth-order valence-electron chi connectivity index (χ4n) is 1.87. The van der Waals surface area contributed by atoms with E-state index in [0.29, 0.717) is 29.2 Å². The minimum absolute atomic E-state index is 0.0245. The van der Waals surface area contributed by atoms with Gasteiger partial charge in [0.1, 0.15) is 0 Å². The van der Waals surface area contributed by atoms with Crippen LogP contribution in [0, 0.1) is 0 Å². The molecule has 1 aromatic heterocycles. The fourth-order valence-corrected chi connectivity index (χ4v) is 2.10. The molecule has 122 valence electrons. The van der Waals surface area contributed by atoms with Gasteiger partial charge in [0, 0.05) is 18.2 Å². The summed E-state index contributed by atoms with van der Waals surface area (Å²) < 4.78 is 5.01. The monoisotopic (exact) mass is 335 g/mol. The van der Waals surface area contributed by atoms with Gasteiger partial charge in [-0.1, -0.05) is 11.6 Å². The summed E-state index contributed by atoms with van der Waals surface area (Å²) in [5, 5.41) is 5.69. The zero-order valence-corrected chi connectivity index (χ0v) is 13.4. The highest BCUT2D eigenvalue weighted by Gasteiger charge is 2.12. The second kappa shape index (κ2) is 7.80. The van der Waals surface area contributed by atoms with Gasteiger partial charge in [-0.2, -0.15) is 0 Å². The summed E-state index contributed by atoms with van der Waals surface area (Å²) in [5.41, 5.74) is 6.60. The van der Waals surface area contributed by atoms with Crippen LogP contribution in [0.3, 0.4) is 0 Å². The predicted molar refractivity (Wildman–Crippen MR) is 89.6 cm³/mol. The topological polar surface area (TPSA) is 97.4 Å². The molecular formula is C16H18ClN3O3. The molecule has 2 rings (SSSR count). The molecule has 1 atom stereocenters. The van der Waals surface area contributed by atoms with Crippen LogP contribution < -0.4 is 16.4 Å². The Morgan fingerprint density at radius 1 is 1.30 bits per heavy atom. The molecule has 0 aliphatic heterocycles. The number of halogens is 1. The molecule has 0 saturated heterocycles. The molecule has 0 saturated carbocycles. The maximum absolute atomic E-state index is 11.9. The number of carbonyl (C=O) groups excluding carboxylic acids is 2. The van der Waals surface area contributed by atoms with Crippen LogP contribution in [0.1, 0.15) is 30.3 Å². The maximum atomic E-state index is 11.9. The van der Waals surface area contributed by atoms with Crippen LogP contribution in [0.2, 0.25) is 5.02 Å². The van der Waals surface area contributed by atoms with Crippen molar-refractivity contribution in [2.45, 2.75) is 25.8 Å². The second-order valence-electron chi connectivity index (χ2n) is 5.19. The number of benzene rings is 1. The third-order valence-corrected chi connectivity index (χ3v) is 3.39. The summed E-state index contributed by atoms with van der Waals surface area (Å²) in [6.07, 6.45) is 2.36. The first-order valence-electron chi connectivity index (χ1n) is 7.15. The molecule has 7 heteroatoms. The second-order valence-corrected chi connectivity index (χ2v) is 5.60. The molecule has 6 nitrogen and oxygen atoms in total. The predicted octanol–water partition coefficient (Wildman–Crippen LogP) is 3.25. The minimum Gasteiger partial charge on any atom is -0.459 e. The summed E-state index contributed by atoms with van der Waals surface area (Å²) in [4.78, 5) is 23.6. The zero-order chi connectivity index (χ0) is 16.8. The molecule has 0 aliphatic rings. The Hall–Kier alpha value is -2.31. The maximum Gasteiger partial charge on any atom is 0.291 e. The van der Waals surface area contributed by atoms with Crippen molar-refractivity contribution >= 4 is 34.8 Å². The van der Waals surface area contributed by atoms with Gasteiger partial charge in [-0.3, -0.25) is 9.59 Å². The Bertz CT molecular complexity index is 684. The molecule has 0 bridgehead atoms. The quantitative estimate of drug-likeness (QED) is 0.754. The van der Waals surface area contributed by atoms with Crippen LogP contribution in [0.25, 0.3) is 0 Å². The Labute approximate surface area is 139 Å². The van der Waals surface area contributed by atoms with Crippen molar-refractivity contribution in [3.63, 3.8) is 0 Å². The lowest BCUT2D eigenvalue weighted by molar-refractivity contribution is -0.116. The van der Waals surface area contributed by atoms with Gasteiger partial charge < -0.3 is 20.8 Å². The lowest BCUT2D eigenvalue weighted by Gasteiger charge is -2.10. The highest BCUT2D eigenvalue weighted by molar-refractivity contribution is 6.34. The lowest BCUT2D eigenvalue weighted by atomic mass is 10.2. The number of anilines is 2. The SMILES string of the molecule is CC(N)CCC(=O)Nc1ccc(NC(=O)c2ccco2)c(Cl)c1. The number of amides is 2. The van der Waals surface area contributed by atoms with E-state index in [1.165, 1.54) is 6.26 Å². The van der Waals surface area contributed by atoms with Gasteiger partial charge in [-0.25, -0.2) is 0 Å². The van der Waals surface area contributed by atoms with Gasteiger partial charge in [-0.15, -0.1) is 0 Å². The van der Waals surface area contributed by atoms with Gasteiger partial charge in [0.2, 0.25) is 5.91 Å². The van der Waals surface area contributed by atoms with Crippen LogP contribution in [0.5, 0.6) is 0 Å². The van der Waals surface area contributed by atoms with Gasteiger partial charge in [0.05, 0.1) is 17.0 Å². The Kier molecular flexibility index (Phi) is 5.78. The molecule has 2 amide bonds. The van der Waals surface area contributed by atoms with Crippen molar-refractivity contribution in [1.82, 2.24) is 0 Å². The molecule has 0 fully saturated rings. The molecule has 0 spiro atoms. The molecule has 1 unspecified atom stereocenters. The summed E-state index contributed by atoms with van der Waals surface area (Å²) >= 11 is 6.13. The number of hydrogen-bond acceptors (Lipinski definition) is 4. The van der Waals surface area contributed by atoms with E-state index < -0.39 is 5.91 Å². The first-order valence-corrected chi connectivity index (χ1v) is 7.53. The van der Waals surface area contributed by atoms with E-state index in [1.807, 2.05) is 6.92 Å². The molecule has 2 aromatic rings. The number of furan rings is 1. The summed E-state index contributed by atoms with van der Waals surface area (Å²) in [7, 11) is 0. The fraction of sp³-hybridized carbons (Fsp3) is 0.250. The third-order valence-electron chi connectivity index (χ3n) is 3.07. The van der Waals surface area contributed by atoms with Crippen molar-refractivity contribution in [3.8, 4) is 0 Å². The molecular weight excluding hydrogens is 318 g/mol. The molecule has 4 N–H and O–H groups in total. The zero-order valence-electron chi connectivity index (χ0n) is 12.6. The average molecular weight is 336 g/mol. The number of nitrogens with one attached hydrogen (secondary N) is 2. The third kappa shape index (κ3) is 5.12. The van der Waals surface area contributed by atoms with Crippen LogP contribution in [-0.4, -0.2) is 17.9 Å². The van der Waals surface area contributed by atoms with Gasteiger partial charge in [0.25, 0.3) is 5.91 Å². The average Bonchev–Trinajstić information content (AvgIpc) is 3.02. The van der Waals surface area contributed by atoms with Gasteiger partial charge in [0.15, 0.2) is 5.76 Å². The number of nitrogens with two attached hydrogens (primary N) is 1. The first-order chi connectivity index (χ1) is 11.0. The summed E-state index contributed by atoms with van der Waals surface area (Å²) in [6.45, 7) is 1.85. The van der Waals surface area contributed by atoms with Crippen molar-refractivity contribution in [3.05, 3.63) is 47.4 Å². The first kappa shape index (κ1) is 17.1. The van der Waals surface area contributed by atoms with E-state index in [4.69, 9.17) is 21.8 Å². The highest BCUT2D eigenvalue weighted by Crippen LogP contribution is 2.26. The van der Waals surface area contributed by atoms with E-state index in [2.05, 4.69) is 10.6 Å². The Morgan fingerprint density at radius 2 is 2.09 bits per heavy atom. The lowest BCUT2D eigenvalue weighted by Crippen LogP contribution is -2.19. The van der Waals surface area contributed by atoms with Gasteiger partial charge >= 0.3 is 0 Å². The molecule has 23 heavy (non-hydrogen) atoms. The Morgan fingerprint density at radius 3 is 2.70 bits per heavy atom. The van der Waals surface area contributed by atoms with E-state index in [0.717, 1.165) is 0 Å². The van der Waals surface area contributed by atoms with Crippen LogP contribution in [0.4, 0.5) is 11.4 Å². The van der Waals surface area contributed by atoms with Crippen LogP contribution in [-0.2, 0) is 4.79 Å². The molecule has 0 radical (unpaired) electrons. The van der Waals surface area contributed by atoms with Gasteiger partial charge in [-0.05, 0) is 43.7 Å². The summed E-state index contributed by atoms with van der Waals surface area (Å²) in [5.74, 6) is -0.342. The van der Waals surface area contributed by atoms with Crippen molar-refractivity contribution in [2.75, 3.05) is 10.6 Å². The minimum atomic E-state index is -0.398. The summed E-state index contributed by atoms with van der Waals surface area (Å²) in [6, 6.07) is 8.00. The van der Waals surface area contributed by atoms with Crippen LogP contribution >= 0.6 is 11.6 Å². The van der Waals surface area contributed by atoms with E-state index in [9.17, 15) is 9.59 Å². The number of hydrogen-bond donors (Lipinski definition) is 3. The van der Waals surface area contributed by atoms with Crippen molar-refractivity contribution < 1.29 is 14.0 Å². The standard InChI is InChI=1S/C16H18ClN3O3/c1-10(18)4-7-15(21)19-11-5-6-13(12(17)9-11)20-16(22)14-3-2-8-23-14/h2-3,5-6,8-10H,4,7,18H2,1H3,(H,19,21)(H,20,22). The van der Waals surface area contributed by atoms with Crippen molar-refractivity contribution in [1.29, 1.82) is 0 Å². The smallest absolute Gasteiger partial charge is 0.291 e. The molecule has 1 aromatic carbocycles. The number of rotatable bonds is 6. The van der Waals surface area contributed by atoms with Crippen molar-refractivity contribution in [2.24, 2.45) is 5.73 Å². The van der Waals surface area contributed by atoms with E-state index in [-0.39, 0.29) is 17.7 Å². The van der Waals surface area contributed by atoms with Crippen LogP contribution in [0.15, 0.2) is 41.0 Å².